The van der Waals surface area contributed by atoms with E-state index in [2.05, 4.69) is 46.4 Å². The zero-order valence-electron chi connectivity index (χ0n) is 18.4. The minimum Gasteiger partial charge on any atom is -0.355 e. The summed E-state index contributed by atoms with van der Waals surface area (Å²) in [4.78, 5) is 16.9. The van der Waals surface area contributed by atoms with Gasteiger partial charge in [-0.15, -0.1) is 0 Å². The van der Waals surface area contributed by atoms with Crippen LogP contribution in [0.5, 0.6) is 0 Å². The monoisotopic (exact) mass is 454 g/mol. The Morgan fingerprint density at radius 1 is 1.12 bits per heavy atom. The Kier molecular flexibility index (Phi) is 8.39. The van der Waals surface area contributed by atoms with Gasteiger partial charge in [-0.1, -0.05) is 42.5 Å². The second kappa shape index (κ2) is 11.2. The first-order chi connectivity index (χ1) is 15.4. The lowest BCUT2D eigenvalue weighted by atomic mass is 10.0. The van der Waals surface area contributed by atoms with E-state index in [1.54, 1.807) is 24.3 Å². The number of carbonyl (C=O) groups is 1. The van der Waals surface area contributed by atoms with E-state index in [0.717, 1.165) is 32.6 Å². The molecule has 1 aliphatic heterocycles. The van der Waals surface area contributed by atoms with Crippen LogP contribution in [-0.2, 0) is 20.4 Å². The minimum atomic E-state index is -3.57. The van der Waals surface area contributed by atoms with E-state index in [9.17, 15) is 13.2 Å². The second-order valence-electron chi connectivity index (χ2n) is 8.27. The van der Waals surface area contributed by atoms with Crippen molar-refractivity contribution in [3.05, 3.63) is 71.3 Å². The molecule has 1 heterocycles. The molecule has 1 unspecified atom stereocenters. The molecule has 0 saturated carbocycles. The van der Waals surface area contributed by atoms with Crippen LogP contribution in [0.4, 0.5) is 0 Å². The number of rotatable bonds is 9. The molecule has 32 heavy (non-hydrogen) atoms. The summed E-state index contributed by atoms with van der Waals surface area (Å²) in [6.07, 6.45) is 0.758. The summed E-state index contributed by atoms with van der Waals surface area (Å²) in [5.41, 5.74) is 2.33. The molecule has 2 aromatic rings. The second-order valence-corrected chi connectivity index (χ2v) is 10.3. The van der Waals surface area contributed by atoms with Gasteiger partial charge in [0.05, 0.1) is 17.4 Å². The molecule has 1 amide bonds. The summed E-state index contributed by atoms with van der Waals surface area (Å²) >= 11 is 0. The normalized spacial score (nSPS) is 17.6. The van der Waals surface area contributed by atoms with Gasteiger partial charge in [-0.3, -0.25) is 9.69 Å². The molecule has 1 N–H and O–H groups in total. The van der Waals surface area contributed by atoms with Crippen molar-refractivity contribution in [1.82, 2.24) is 15.1 Å². The quantitative estimate of drug-likeness (QED) is 0.583. The Morgan fingerprint density at radius 3 is 2.53 bits per heavy atom. The largest absolute Gasteiger partial charge is 0.355 e. The Bertz CT molecular complexity index is 1030. The van der Waals surface area contributed by atoms with E-state index >= 15 is 0 Å². The van der Waals surface area contributed by atoms with Crippen LogP contribution in [-0.4, -0.2) is 69.6 Å². The number of piperazine rings is 1. The number of benzene rings is 2. The number of nitrogens with one attached hydrogen (secondary N) is 1. The molecule has 1 atom stereocenters. The standard InChI is InChI=1S/C24H30N4O3S/c1-27-14-15-28(23(17-27)22-6-3-2-4-7-22)13-5-12-26-24(29)19-32(30,31)18-21-10-8-20(16-25)9-11-21/h2-4,6-11,23H,5,12-15,17-19H2,1H3,(H,26,29). The highest BCUT2D eigenvalue weighted by atomic mass is 32.2. The molecule has 8 heteroatoms. The lowest BCUT2D eigenvalue weighted by molar-refractivity contribution is -0.118. The van der Waals surface area contributed by atoms with Gasteiger partial charge in [0, 0.05) is 38.8 Å². The van der Waals surface area contributed by atoms with Crippen molar-refractivity contribution in [1.29, 1.82) is 5.26 Å². The molecule has 1 saturated heterocycles. The van der Waals surface area contributed by atoms with Crippen LogP contribution < -0.4 is 5.32 Å². The highest BCUT2D eigenvalue weighted by Gasteiger charge is 2.26. The summed E-state index contributed by atoms with van der Waals surface area (Å²) in [7, 11) is -1.44. The van der Waals surface area contributed by atoms with Crippen LogP contribution in [0.1, 0.15) is 29.2 Å². The van der Waals surface area contributed by atoms with Gasteiger partial charge >= 0.3 is 0 Å². The molecular formula is C24H30N4O3S. The molecule has 1 aliphatic rings. The fraction of sp³-hybridized carbons (Fsp3) is 0.417. The van der Waals surface area contributed by atoms with Crippen molar-refractivity contribution in [2.24, 2.45) is 0 Å². The zero-order chi connectivity index (χ0) is 23.0. The third kappa shape index (κ3) is 7.16. The summed E-state index contributed by atoms with van der Waals surface area (Å²) < 4.78 is 24.7. The average molecular weight is 455 g/mol. The zero-order valence-corrected chi connectivity index (χ0v) is 19.2. The molecular weight excluding hydrogens is 424 g/mol. The summed E-state index contributed by atoms with van der Waals surface area (Å²) in [5.74, 6) is -1.23. The van der Waals surface area contributed by atoms with Crippen molar-refractivity contribution in [2.75, 3.05) is 45.5 Å². The fourth-order valence-electron chi connectivity index (χ4n) is 3.96. The Balaban J connectivity index is 1.44. The molecule has 3 rings (SSSR count). The van der Waals surface area contributed by atoms with Crippen LogP contribution in [0.2, 0.25) is 0 Å². The van der Waals surface area contributed by atoms with Gasteiger partial charge in [-0.05, 0) is 36.7 Å². The lowest BCUT2D eigenvalue weighted by Crippen LogP contribution is -2.47. The maximum atomic E-state index is 12.3. The first kappa shape index (κ1) is 23.9. The molecule has 2 aromatic carbocycles. The number of hydrogen-bond acceptors (Lipinski definition) is 6. The maximum absolute atomic E-state index is 12.3. The maximum Gasteiger partial charge on any atom is 0.235 e. The van der Waals surface area contributed by atoms with Crippen molar-refractivity contribution in [3.8, 4) is 6.07 Å². The van der Waals surface area contributed by atoms with Gasteiger partial charge < -0.3 is 10.2 Å². The molecule has 0 radical (unpaired) electrons. The van der Waals surface area contributed by atoms with Crippen LogP contribution in [0.15, 0.2) is 54.6 Å². The van der Waals surface area contributed by atoms with Crippen LogP contribution in [0, 0.1) is 11.3 Å². The Hall–Kier alpha value is -2.73. The lowest BCUT2D eigenvalue weighted by Gasteiger charge is -2.40. The van der Waals surface area contributed by atoms with Gasteiger partial charge in [0.1, 0.15) is 5.75 Å². The summed E-state index contributed by atoms with van der Waals surface area (Å²) in [6.45, 7) is 4.21. The van der Waals surface area contributed by atoms with E-state index < -0.39 is 21.5 Å². The van der Waals surface area contributed by atoms with Crippen molar-refractivity contribution >= 4 is 15.7 Å². The number of likely N-dealkylation sites (N-methyl/N-ethyl adjacent to an activating group) is 1. The first-order valence-electron chi connectivity index (χ1n) is 10.8. The van der Waals surface area contributed by atoms with E-state index in [1.165, 1.54) is 5.56 Å². The fourth-order valence-corrected chi connectivity index (χ4v) is 5.26. The number of nitriles is 1. The Morgan fingerprint density at radius 2 is 1.84 bits per heavy atom. The topological polar surface area (TPSA) is 93.5 Å². The highest BCUT2D eigenvalue weighted by molar-refractivity contribution is 7.91. The number of nitrogens with zero attached hydrogens (tertiary/aromatic N) is 3. The van der Waals surface area contributed by atoms with Gasteiger partial charge in [0.15, 0.2) is 9.84 Å². The number of sulfone groups is 1. The van der Waals surface area contributed by atoms with Crippen LogP contribution >= 0.6 is 0 Å². The van der Waals surface area contributed by atoms with Crippen molar-refractivity contribution in [2.45, 2.75) is 18.2 Å². The smallest absolute Gasteiger partial charge is 0.235 e. The molecule has 0 spiro atoms. The molecule has 0 bridgehead atoms. The van der Waals surface area contributed by atoms with Crippen molar-refractivity contribution in [3.63, 3.8) is 0 Å². The third-order valence-corrected chi connectivity index (χ3v) is 7.12. The van der Waals surface area contributed by atoms with Gasteiger partial charge in [0.25, 0.3) is 0 Å². The SMILES string of the molecule is CN1CCN(CCCNC(=O)CS(=O)(=O)Cc2ccc(C#N)cc2)C(c2ccccc2)C1. The molecule has 1 fully saturated rings. The number of carbonyl (C=O) groups excluding carboxylic acids is 1. The molecule has 170 valence electrons. The number of hydrogen-bond donors (Lipinski definition) is 1. The molecule has 0 aliphatic carbocycles. The first-order valence-corrected chi connectivity index (χ1v) is 12.6. The van der Waals surface area contributed by atoms with Gasteiger partial charge in [-0.25, -0.2) is 8.42 Å². The Labute approximate surface area is 190 Å². The van der Waals surface area contributed by atoms with E-state index in [1.807, 2.05) is 12.1 Å². The average Bonchev–Trinajstić information content (AvgIpc) is 2.78. The van der Waals surface area contributed by atoms with E-state index in [0.29, 0.717) is 23.7 Å². The molecule has 7 nitrogen and oxygen atoms in total. The number of amides is 1. The summed E-state index contributed by atoms with van der Waals surface area (Å²) in [5, 5.41) is 11.6. The van der Waals surface area contributed by atoms with Crippen LogP contribution in [0.3, 0.4) is 0 Å². The van der Waals surface area contributed by atoms with Crippen molar-refractivity contribution < 1.29 is 13.2 Å². The third-order valence-electron chi connectivity index (χ3n) is 5.64. The van der Waals surface area contributed by atoms with Crippen LogP contribution in [0.25, 0.3) is 0 Å². The van der Waals surface area contributed by atoms with Gasteiger partial charge in [-0.2, -0.15) is 5.26 Å². The summed E-state index contributed by atoms with van der Waals surface area (Å²) in [6, 6.07) is 19.1. The van der Waals surface area contributed by atoms with E-state index in [4.69, 9.17) is 5.26 Å². The van der Waals surface area contributed by atoms with E-state index in [-0.39, 0.29) is 5.75 Å². The minimum absolute atomic E-state index is 0.216. The van der Waals surface area contributed by atoms with Gasteiger partial charge in [0.2, 0.25) is 5.91 Å². The predicted molar refractivity (Wildman–Crippen MR) is 125 cm³/mol. The predicted octanol–water partition coefficient (Wildman–Crippen LogP) is 1.97. The highest BCUT2D eigenvalue weighted by Crippen LogP contribution is 2.24. The molecule has 0 aromatic heterocycles.